The molecule has 5 heteroatoms. The summed E-state index contributed by atoms with van der Waals surface area (Å²) in [5, 5.41) is 3.60. The van der Waals surface area contributed by atoms with Gasteiger partial charge in [0.2, 0.25) is 5.95 Å². The molecule has 1 N–H and O–H groups in total. The van der Waals surface area contributed by atoms with Crippen LogP contribution in [0.2, 0.25) is 0 Å². The molecule has 4 rings (SSSR count). The van der Waals surface area contributed by atoms with Crippen molar-refractivity contribution in [1.82, 2.24) is 9.55 Å². The lowest BCUT2D eigenvalue weighted by Crippen LogP contribution is -2.29. The zero-order valence-corrected chi connectivity index (χ0v) is 20.8. The molecule has 1 heterocycles. The van der Waals surface area contributed by atoms with E-state index in [2.05, 4.69) is 74.8 Å². The summed E-state index contributed by atoms with van der Waals surface area (Å²) >= 11 is 0. The van der Waals surface area contributed by atoms with Crippen LogP contribution >= 0.6 is 0 Å². The molecule has 0 amide bonds. The van der Waals surface area contributed by atoms with Crippen LogP contribution in [0.1, 0.15) is 77.0 Å². The van der Waals surface area contributed by atoms with Gasteiger partial charge in [-0.15, -0.1) is 0 Å². The number of esters is 1. The van der Waals surface area contributed by atoms with Crippen molar-refractivity contribution in [2.45, 2.75) is 72.3 Å². The number of fused-ring (bicyclic) bond motifs is 1. The Morgan fingerprint density at radius 1 is 1.18 bits per heavy atom. The first-order valence-corrected chi connectivity index (χ1v) is 12.1. The van der Waals surface area contributed by atoms with Crippen molar-refractivity contribution in [3.63, 3.8) is 0 Å². The van der Waals surface area contributed by atoms with Gasteiger partial charge in [0.25, 0.3) is 0 Å². The van der Waals surface area contributed by atoms with E-state index in [1.807, 2.05) is 12.1 Å². The highest BCUT2D eigenvalue weighted by Gasteiger charge is 2.34. The number of ether oxygens (including phenoxy) is 1. The number of nitrogens with one attached hydrogen (secondary N) is 1. The fourth-order valence-corrected chi connectivity index (χ4v) is 5.52. The van der Waals surface area contributed by atoms with Gasteiger partial charge in [-0.3, -0.25) is 4.79 Å². The number of carbonyl (C=O) groups excluding carboxylic acids is 1. The zero-order chi connectivity index (χ0) is 23.8. The van der Waals surface area contributed by atoms with Crippen LogP contribution in [-0.2, 0) is 16.0 Å². The predicted octanol–water partition coefficient (Wildman–Crippen LogP) is 7.01. The molecule has 0 spiro atoms. The molecular formula is C28H37N3O2. The first-order valence-electron chi connectivity index (χ1n) is 12.1. The van der Waals surface area contributed by atoms with E-state index in [-0.39, 0.29) is 12.4 Å². The summed E-state index contributed by atoms with van der Waals surface area (Å²) in [4.78, 5) is 16.8. The molecule has 1 aromatic heterocycles. The number of carbonyl (C=O) groups is 1. The fourth-order valence-electron chi connectivity index (χ4n) is 5.52. The van der Waals surface area contributed by atoms with E-state index in [4.69, 9.17) is 9.72 Å². The van der Waals surface area contributed by atoms with Crippen LogP contribution in [0.3, 0.4) is 0 Å². The Bertz CT molecular complexity index is 1130. The van der Waals surface area contributed by atoms with E-state index < -0.39 is 0 Å². The number of hydrogen-bond donors (Lipinski definition) is 1. The summed E-state index contributed by atoms with van der Waals surface area (Å²) < 4.78 is 7.25. The number of aromatic nitrogens is 2. The van der Waals surface area contributed by atoms with Crippen molar-refractivity contribution in [2.24, 2.45) is 11.3 Å². The van der Waals surface area contributed by atoms with Crippen LogP contribution in [0.4, 0.5) is 11.6 Å². The average molecular weight is 448 g/mol. The van der Waals surface area contributed by atoms with E-state index in [1.165, 1.54) is 19.1 Å². The molecule has 176 valence electrons. The third-order valence-corrected chi connectivity index (χ3v) is 6.89. The van der Waals surface area contributed by atoms with Gasteiger partial charge in [-0.2, -0.15) is 0 Å². The smallest absolute Gasteiger partial charge is 0.309 e. The Labute approximate surface area is 197 Å². The molecule has 3 aromatic rings. The number of methoxy groups -OCH3 is 1. The minimum absolute atomic E-state index is 0.236. The summed E-state index contributed by atoms with van der Waals surface area (Å²) in [5.74, 6) is 1.79. The SMILES string of the molecule is COC(=O)Cc1ccc2c(c1)nc(Nc1ccc(C(C)C)cc1)n2C1C[C@H](C)CC(C)(C)C1. The van der Waals surface area contributed by atoms with E-state index >= 15 is 0 Å². The first-order chi connectivity index (χ1) is 15.6. The fraction of sp³-hybridized carbons (Fsp3) is 0.500. The Morgan fingerprint density at radius 2 is 1.91 bits per heavy atom. The van der Waals surface area contributed by atoms with Gasteiger partial charge in [0.1, 0.15) is 0 Å². The van der Waals surface area contributed by atoms with Gasteiger partial charge >= 0.3 is 5.97 Å². The maximum absolute atomic E-state index is 11.8. The summed E-state index contributed by atoms with van der Waals surface area (Å²) in [6, 6.07) is 15.2. The second kappa shape index (κ2) is 9.20. The minimum Gasteiger partial charge on any atom is -0.469 e. The van der Waals surface area contributed by atoms with Crippen molar-refractivity contribution in [3.8, 4) is 0 Å². The molecule has 5 nitrogen and oxygen atoms in total. The van der Waals surface area contributed by atoms with Crippen molar-refractivity contribution in [3.05, 3.63) is 53.6 Å². The zero-order valence-electron chi connectivity index (χ0n) is 20.8. The second-order valence-corrected chi connectivity index (χ2v) is 10.9. The van der Waals surface area contributed by atoms with Crippen LogP contribution in [0.5, 0.6) is 0 Å². The number of hydrogen-bond acceptors (Lipinski definition) is 4. The molecule has 1 fully saturated rings. The lowest BCUT2D eigenvalue weighted by molar-refractivity contribution is -0.139. The van der Waals surface area contributed by atoms with Gasteiger partial charge in [0, 0.05) is 11.7 Å². The highest BCUT2D eigenvalue weighted by atomic mass is 16.5. The second-order valence-electron chi connectivity index (χ2n) is 10.9. The van der Waals surface area contributed by atoms with Crippen LogP contribution in [0.25, 0.3) is 11.0 Å². The number of rotatable bonds is 6. The Kier molecular flexibility index (Phi) is 6.51. The molecule has 0 bridgehead atoms. The van der Waals surface area contributed by atoms with Crippen LogP contribution in [0.15, 0.2) is 42.5 Å². The first kappa shape index (κ1) is 23.3. The topological polar surface area (TPSA) is 56.1 Å². The van der Waals surface area contributed by atoms with Crippen LogP contribution in [0, 0.1) is 11.3 Å². The maximum atomic E-state index is 11.8. The Balaban J connectivity index is 1.75. The Hall–Kier alpha value is -2.82. The number of benzene rings is 2. The molecular weight excluding hydrogens is 410 g/mol. The van der Waals surface area contributed by atoms with E-state index in [1.54, 1.807) is 0 Å². The van der Waals surface area contributed by atoms with E-state index in [0.29, 0.717) is 23.3 Å². The van der Waals surface area contributed by atoms with E-state index in [9.17, 15) is 4.79 Å². The van der Waals surface area contributed by atoms with Crippen LogP contribution in [-0.4, -0.2) is 22.6 Å². The van der Waals surface area contributed by atoms with E-state index in [0.717, 1.165) is 41.1 Å². The quantitative estimate of drug-likeness (QED) is 0.413. The van der Waals surface area contributed by atoms with Crippen molar-refractivity contribution >= 4 is 28.6 Å². The summed E-state index contributed by atoms with van der Waals surface area (Å²) in [6.07, 6.45) is 3.76. The standard InChI is InChI=1S/C28H37N3O2/c1-18(2)21-8-10-22(11-9-21)29-27-30-24-14-20(15-26(32)33-6)7-12-25(24)31(27)23-13-19(3)16-28(4,5)17-23/h7-12,14,18-19,23H,13,15-17H2,1-6H3,(H,29,30)/t19-,23?/m0/s1. The van der Waals surface area contributed by atoms with Crippen molar-refractivity contribution in [1.29, 1.82) is 0 Å². The molecule has 2 atom stereocenters. The average Bonchev–Trinajstić information content (AvgIpc) is 3.09. The Morgan fingerprint density at radius 3 is 2.55 bits per heavy atom. The molecule has 0 aliphatic heterocycles. The largest absolute Gasteiger partial charge is 0.469 e. The normalized spacial score (nSPS) is 20.2. The van der Waals surface area contributed by atoms with Gasteiger partial charge in [0.05, 0.1) is 24.6 Å². The number of imidazole rings is 1. The summed E-state index contributed by atoms with van der Waals surface area (Å²) in [7, 11) is 1.42. The molecule has 0 radical (unpaired) electrons. The lowest BCUT2D eigenvalue weighted by atomic mass is 9.70. The van der Waals surface area contributed by atoms with Gasteiger partial charge in [-0.05, 0) is 71.9 Å². The highest BCUT2D eigenvalue weighted by molar-refractivity contribution is 5.82. The molecule has 1 aliphatic rings. The molecule has 1 aliphatic carbocycles. The molecule has 0 saturated heterocycles. The highest BCUT2D eigenvalue weighted by Crippen LogP contribution is 2.46. The number of nitrogens with zero attached hydrogens (tertiary/aromatic N) is 2. The number of anilines is 2. The van der Waals surface area contributed by atoms with Gasteiger partial charge in [-0.25, -0.2) is 4.98 Å². The molecule has 2 aromatic carbocycles. The van der Waals surface area contributed by atoms with Gasteiger partial charge in [-0.1, -0.05) is 52.8 Å². The molecule has 1 saturated carbocycles. The summed E-state index contributed by atoms with van der Waals surface area (Å²) in [6.45, 7) is 11.5. The molecule has 33 heavy (non-hydrogen) atoms. The van der Waals surface area contributed by atoms with Gasteiger partial charge in [0.15, 0.2) is 0 Å². The van der Waals surface area contributed by atoms with Crippen molar-refractivity contribution in [2.75, 3.05) is 12.4 Å². The van der Waals surface area contributed by atoms with Gasteiger partial charge < -0.3 is 14.6 Å². The molecule has 1 unspecified atom stereocenters. The summed E-state index contributed by atoms with van der Waals surface area (Å²) in [5.41, 5.74) is 5.59. The lowest BCUT2D eigenvalue weighted by Gasteiger charge is -2.40. The third-order valence-electron chi connectivity index (χ3n) is 6.89. The predicted molar refractivity (Wildman–Crippen MR) is 135 cm³/mol. The maximum Gasteiger partial charge on any atom is 0.309 e. The third kappa shape index (κ3) is 5.23. The minimum atomic E-state index is -0.236. The monoisotopic (exact) mass is 447 g/mol. The van der Waals surface area contributed by atoms with Crippen molar-refractivity contribution < 1.29 is 9.53 Å². The van der Waals surface area contributed by atoms with Crippen LogP contribution < -0.4 is 5.32 Å².